The lowest BCUT2D eigenvalue weighted by molar-refractivity contribution is -0.133. The van der Waals surface area contributed by atoms with Gasteiger partial charge in [-0.3, -0.25) is 24.1 Å². The van der Waals surface area contributed by atoms with Crippen LogP contribution in [0.25, 0.3) is 11.1 Å². The van der Waals surface area contributed by atoms with Gasteiger partial charge in [0.2, 0.25) is 17.7 Å². The van der Waals surface area contributed by atoms with Crippen LogP contribution in [0.2, 0.25) is 5.02 Å². The third-order valence-corrected chi connectivity index (χ3v) is 14.1. The average Bonchev–Trinajstić information content (AvgIpc) is 3.65. The summed E-state index contributed by atoms with van der Waals surface area (Å²) in [4.78, 5) is 74.5. The van der Waals surface area contributed by atoms with Crippen molar-refractivity contribution in [3.63, 3.8) is 0 Å². The molecule has 4 aromatic rings. The van der Waals surface area contributed by atoms with Gasteiger partial charge in [-0.15, -0.1) is 0 Å². The lowest BCUT2D eigenvalue weighted by Gasteiger charge is -2.38. The summed E-state index contributed by atoms with van der Waals surface area (Å²) in [6.45, 7) is 12.2. The first-order chi connectivity index (χ1) is 32.9. The Balaban J connectivity index is 0.738. The summed E-state index contributed by atoms with van der Waals surface area (Å²) in [6.07, 6.45) is 7.41. The van der Waals surface area contributed by atoms with Crippen LogP contribution in [0.15, 0.2) is 67.1 Å². The number of carbonyl (C=O) groups excluding carboxylic acids is 4. The molecule has 0 spiro atoms. The van der Waals surface area contributed by atoms with E-state index in [2.05, 4.69) is 66.7 Å². The van der Waals surface area contributed by atoms with Gasteiger partial charge in [0.25, 0.3) is 5.91 Å². The number of aliphatic hydroxyl groups excluding tert-OH is 1. The Labute approximate surface area is 404 Å². The van der Waals surface area contributed by atoms with Gasteiger partial charge in [0.15, 0.2) is 5.69 Å². The van der Waals surface area contributed by atoms with Gasteiger partial charge in [-0.2, -0.15) is 0 Å². The fourth-order valence-corrected chi connectivity index (χ4v) is 10.1. The normalized spacial score (nSPS) is 19.7. The maximum atomic E-state index is 14.1. The molecule has 3 aliphatic heterocycles. The number of anilines is 2. The molecule has 2 aromatic carbocycles. The minimum atomic E-state index is -0.571. The number of pyridine rings is 1. The molecular formula is C51H65ClN10O6. The van der Waals surface area contributed by atoms with Crippen LogP contribution in [-0.4, -0.2) is 149 Å². The highest BCUT2D eigenvalue weighted by molar-refractivity contribution is 6.30. The van der Waals surface area contributed by atoms with Gasteiger partial charge in [-0.25, -0.2) is 15.0 Å². The number of hydrogen-bond donors (Lipinski definition) is 4. The number of amides is 4. The third kappa shape index (κ3) is 12.0. The van der Waals surface area contributed by atoms with E-state index in [0.717, 1.165) is 60.4 Å². The Kier molecular flexibility index (Phi) is 16.3. The van der Waals surface area contributed by atoms with Gasteiger partial charge in [0.1, 0.15) is 12.1 Å². The standard InChI is InChI=1S/C51H65ClN10O6/c1-4-35-6-5-7-37(27-35)38-28-43(58-34(3)63)47(55-29-38)51(67)61-20-14-41(15-21-61)68-40-12-18-59(19-13-40)31-45(65)54-17-16-53-30-42(36-8-10-39(52)11-9-36)50(66)62-24-22-60(23-25-62)49-46-33(2)26-44(64)48(46)56-32-57-49/h5-11,27-29,32-33,40-42,44,53,64H,4,12-26,30-31H2,1-3H3,(H,54,65)(H,58,63)/t33-,42-,44-/m1/s1. The highest BCUT2D eigenvalue weighted by Gasteiger charge is 2.36. The second-order valence-electron chi connectivity index (χ2n) is 18.6. The van der Waals surface area contributed by atoms with Gasteiger partial charge in [0.05, 0.1) is 42.2 Å². The van der Waals surface area contributed by atoms with E-state index in [0.29, 0.717) is 101 Å². The Morgan fingerprint density at radius 1 is 0.853 bits per heavy atom. The SMILES string of the molecule is CCc1cccc(-c2cnc(C(=O)N3CCC(OC4CCN(CC(=O)NCCNC[C@@H](C(=O)N5CCN(c6ncnc7c6[C@H](C)C[C@H]7O)CC5)c5ccc(Cl)cc5)CC4)CC3)c(NC(C)=O)c2)c1. The minimum absolute atomic E-state index is 0.0374. The van der Waals surface area contributed by atoms with E-state index in [-0.39, 0.29) is 47.4 Å². The van der Waals surface area contributed by atoms with Crippen molar-refractivity contribution >= 4 is 46.7 Å². The van der Waals surface area contributed by atoms with Crippen LogP contribution in [-0.2, 0) is 25.5 Å². The lowest BCUT2D eigenvalue weighted by atomic mass is 9.97. The van der Waals surface area contributed by atoms with Crippen LogP contribution >= 0.6 is 11.6 Å². The first-order valence-corrected chi connectivity index (χ1v) is 24.6. The minimum Gasteiger partial charge on any atom is -0.387 e. The highest BCUT2D eigenvalue weighted by atomic mass is 35.5. The fraction of sp³-hybridized carbons (Fsp3) is 0.510. The molecule has 17 heteroatoms. The first kappa shape index (κ1) is 48.9. The number of likely N-dealkylation sites (tertiary alicyclic amines) is 2. The summed E-state index contributed by atoms with van der Waals surface area (Å²) in [6, 6.07) is 17.4. The topological polar surface area (TPSA) is 185 Å². The summed E-state index contributed by atoms with van der Waals surface area (Å²) >= 11 is 6.22. The number of rotatable bonds is 16. The Morgan fingerprint density at radius 2 is 1.57 bits per heavy atom. The van der Waals surface area contributed by atoms with Gasteiger partial charge < -0.3 is 40.5 Å². The summed E-state index contributed by atoms with van der Waals surface area (Å²) in [7, 11) is 0. The Hall–Kier alpha value is -5.52. The van der Waals surface area contributed by atoms with Crippen molar-refractivity contribution in [3.05, 3.63) is 100 Å². The number of aromatic nitrogens is 3. The van der Waals surface area contributed by atoms with Crippen LogP contribution in [0.5, 0.6) is 0 Å². The molecule has 0 radical (unpaired) electrons. The molecule has 2 aromatic heterocycles. The van der Waals surface area contributed by atoms with E-state index >= 15 is 0 Å². The zero-order valence-electron chi connectivity index (χ0n) is 39.5. The third-order valence-electron chi connectivity index (χ3n) is 13.8. The summed E-state index contributed by atoms with van der Waals surface area (Å²) < 4.78 is 6.53. The molecule has 1 aliphatic carbocycles. The van der Waals surface area contributed by atoms with Crippen LogP contribution in [0.3, 0.4) is 0 Å². The molecule has 4 amide bonds. The second kappa shape index (κ2) is 22.7. The van der Waals surface area contributed by atoms with E-state index in [1.807, 2.05) is 47.4 Å². The quantitative estimate of drug-likeness (QED) is 0.108. The molecule has 68 heavy (non-hydrogen) atoms. The smallest absolute Gasteiger partial charge is 0.274 e. The van der Waals surface area contributed by atoms with Crippen molar-refractivity contribution in [2.45, 2.75) is 89.4 Å². The zero-order valence-corrected chi connectivity index (χ0v) is 40.2. The van der Waals surface area contributed by atoms with Crippen molar-refractivity contribution in [2.75, 3.05) is 88.8 Å². The Bertz CT molecular complexity index is 2400. The average molecular weight is 950 g/mol. The molecule has 4 N–H and O–H groups in total. The maximum Gasteiger partial charge on any atom is 0.274 e. The lowest BCUT2D eigenvalue weighted by Crippen LogP contribution is -2.51. The largest absolute Gasteiger partial charge is 0.387 e. The van der Waals surface area contributed by atoms with Crippen LogP contribution in [0.4, 0.5) is 11.5 Å². The number of piperidine rings is 2. The molecule has 3 saturated heterocycles. The fourth-order valence-electron chi connectivity index (χ4n) is 10.0. The predicted molar refractivity (Wildman–Crippen MR) is 262 cm³/mol. The van der Waals surface area contributed by atoms with Crippen molar-refractivity contribution in [1.29, 1.82) is 0 Å². The van der Waals surface area contributed by atoms with Crippen molar-refractivity contribution in [1.82, 2.24) is 40.3 Å². The number of fused-ring (bicyclic) bond motifs is 1. The number of ether oxygens (including phenoxy) is 1. The number of aryl methyl sites for hydroxylation is 1. The van der Waals surface area contributed by atoms with Gasteiger partial charge in [-0.1, -0.05) is 61.8 Å². The number of nitrogens with zero attached hydrogens (tertiary/aromatic N) is 7. The zero-order chi connectivity index (χ0) is 47.7. The van der Waals surface area contributed by atoms with E-state index in [1.54, 1.807) is 11.1 Å². The van der Waals surface area contributed by atoms with Crippen molar-refractivity contribution in [3.8, 4) is 11.1 Å². The van der Waals surface area contributed by atoms with Gasteiger partial charge in [0, 0.05) is 101 Å². The number of halogens is 1. The number of carbonyl (C=O) groups is 4. The molecule has 8 rings (SSSR count). The number of aliphatic hydroxyl groups is 1. The number of nitrogens with one attached hydrogen (secondary N) is 3. The molecule has 362 valence electrons. The van der Waals surface area contributed by atoms with Crippen molar-refractivity contribution < 1.29 is 29.0 Å². The van der Waals surface area contributed by atoms with E-state index in [1.165, 1.54) is 18.8 Å². The molecular weight excluding hydrogens is 884 g/mol. The highest BCUT2D eigenvalue weighted by Crippen LogP contribution is 2.43. The first-order valence-electron chi connectivity index (χ1n) is 24.3. The summed E-state index contributed by atoms with van der Waals surface area (Å²) in [5, 5.41) is 20.4. The molecule has 16 nitrogen and oxygen atoms in total. The van der Waals surface area contributed by atoms with Crippen LogP contribution in [0, 0.1) is 0 Å². The molecule has 0 bridgehead atoms. The summed E-state index contributed by atoms with van der Waals surface area (Å²) in [5.41, 5.74) is 6.26. The molecule has 5 heterocycles. The van der Waals surface area contributed by atoms with Gasteiger partial charge in [-0.05, 0) is 79.3 Å². The molecule has 0 saturated carbocycles. The summed E-state index contributed by atoms with van der Waals surface area (Å²) in [5.74, 6) is 0.126. The number of hydrogen-bond acceptors (Lipinski definition) is 12. The molecule has 4 aliphatic rings. The van der Waals surface area contributed by atoms with E-state index < -0.39 is 12.0 Å². The van der Waals surface area contributed by atoms with Crippen LogP contribution < -0.4 is 20.9 Å². The molecule has 0 unspecified atom stereocenters. The number of piperazine rings is 1. The maximum absolute atomic E-state index is 14.1. The van der Waals surface area contributed by atoms with E-state index in [4.69, 9.17) is 16.3 Å². The molecule has 3 fully saturated rings. The van der Waals surface area contributed by atoms with Crippen molar-refractivity contribution in [2.24, 2.45) is 0 Å². The van der Waals surface area contributed by atoms with Gasteiger partial charge >= 0.3 is 0 Å². The second-order valence-corrected chi connectivity index (χ2v) is 19.0. The van der Waals surface area contributed by atoms with Crippen LogP contribution in [0.1, 0.15) is 104 Å². The monoisotopic (exact) mass is 948 g/mol. The number of benzene rings is 2. The Morgan fingerprint density at radius 3 is 2.28 bits per heavy atom. The predicted octanol–water partition coefficient (Wildman–Crippen LogP) is 5.18. The van der Waals surface area contributed by atoms with E-state index in [9.17, 15) is 24.3 Å². The molecule has 3 atom stereocenters.